The largest absolute Gasteiger partial charge is 0.497 e. The highest BCUT2D eigenvalue weighted by Crippen LogP contribution is 2.27. The van der Waals surface area contributed by atoms with E-state index in [9.17, 15) is 18.0 Å². The van der Waals surface area contributed by atoms with Crippen LogP contribution >= 0.6 is 0 Å². The number of para-hydroxylation sites is 1. The third-order valence-corrected chi connectivity index (χ3v) is 8.47. The quantitative estimate of drug-likeness (QED) is 0.280. The molecule has 0 saturated carbocycles. The van der Waals surface area contributed by atoms with E-state index < -0.39 is 28.5 Å². The minimum absolute atomic E-state index is 0.0785. The minimum Gasteiger partial charge on any atom is -0.497 e. The zero-order valence-corrected chi connectivity index (χ0v) is 24.5. The Bertz CT molecular complexity index is 1380. The van der Waals surface area contributed by atoms with Gasteiger partial charge in [-0.05, 0) is 61.2 Å². The fourth-order valence-corrected chi connectivity index (χ4v) is 5.97. The van der Waals surface area contributed by atoms with Gasteiger partial charge in [0.1, 0.15) is 18.3 Å². The number of benzene rings is 3. The van der Waals surface area contributed by atoms with Crippen LogP contribution in [0.25, 0.3) is 0 Å². The number of aryl methyl sites for hydroxylation is 1. The Morgan fingerprint density at radius 1 is 0.950 bits per heavy atom. The van der Waals surface area contributed by atoms with Gasteiger partial charge in [0.05, 0.1) is 17.7 Å². The highest BCUT2D eigenvalue weighted by Gasteiger charge is 2.34. The minimum atomic E-state index is -4.09. The van der Waals surface area contributed by atoms with Crippen molar-refractivity contribution in [2.75, 3.05) is 24.5 Å². The van der Waals surface area contributed by atoms with Gasteiger partial charge in [-0.15, -0.1) is 0 Å². The van der Waals surface area contributed by atoms with Gasteiger partial charge in [0.15, 0.2) is 0 Å². The zero-order valence-electron chi connectivity index (χ0n) is 23.7. The molecule has 0 aliphatic heterocycles. The van der Waals surface area contributed by atoms with Gasteiger partial charge in [-0.2, -0.15) is 0 Å². The summed E-state index contributed by atoms with van der Waals surface area (Å²) in [6, 6.07) is 21.6. The van der Waals surface area contributed by atoms with Crippen LogP contribution in [0.5, 0.6) is 5.75 Å². The predicted octanol–water partition coefficient (Wildman–Crippen LogP) is 4.92. The Balaban J connectivity index is 2.04. The number of carbonyl (C=O) groups is 2. The number of nitrogens with zero attached hydrogens (tertiary/aromatic N) is 2. The number of hydrogen-bond donors (Lipinski definition) is 1. The lowest BCUT2D eigenvalue weighted by molar-refractivity contribution is -0.140. The monoisotopic (exact) mass is 565 g/mol. The fourth-order valence-electron chi connectivity index (χ4n) is 4.47. The third kappa shape index (κ3) is 7.63. The molecule has 0 bridgehead atoms. The molecule has 3 rings (SSSR count). The van der Waals surface area contributed by atoms with Crippen LogP contribution in [0.15, 0.2) is 83.8 Å². The lowest BCUT2D eigenvalue weighted by atomic mass is 10.1. The maximum Gasteiger partial charge on any atom is 0.264 e. The number of anilines is 1. The van der Waals surface area contributed by atoms with E-state index >= 15 is 0 Å². The van der Waals surface area contributed by atoms with Crippen molar-refractivity contribution in [3.63, 3.8) is 0 Å². The molecule has 0 unspecified atom stereocenters. The highest BCUT2D eigenvalue weighted by atomic mass is 32.2. The molecule has 214 valence electrons. The van der Waals surface area contributed by atoms with Gasteiger partial charge >= 0.3 is 0 Å². The summed E-state index contributed by atoms with van der Waals surface area (Å²) in [5.74, 6) is -0.123. The summed E-state index contributed by atoms with van der Waals surface area (Å²) in [5.41, 5.74) is 1.88. The van der Waals surface area contributed by atoms with Gasteiger partial charge in [-0.3, -0.25) is 13.9 Å². The number of methoxy groups -OCH3 is 1. The number of hydrogen-bond acceptors (Lipinski definition) is 5. The molecule has 0 heterocycles. The maximum atomic E-state index is 14.1. The number of carbonyl (C=O) groups excluding carboxylic acids is 2. The standard InChI is InChI=1S/C31H39N3O5S/c1-5-7-20-32-31(36)28(6-2)33(22-25-15-13-16-26(21-25)39-4)30(35)23-34(29-19-12-11-14-24(29)3)40(37,38)27-17-9-8-10-18-27/h8-19,21,28H,5-7,20,22-23H2,1-4H3,(H,32,36)/t28-/m1/s1. The van der Waals surface area contributed by atoms with Gasteiger partial charge in [-0.25, -0.2) is 8.42 Å². The topological polar surface area (TPSA) is 96.0 Å². The van der Waals surface area contributed by atoms with E-state index in [2.05, 4.69) is 5.32 Å². The number of amides is 2. The summed E-state index contributed by atoms with van der Waals surface area (Å²) < 4.78 is 34.3. The second-order valence-electron chi connectivity index (χ2n) is 9.55. The van der Waals surface area contributed by atoms with Crippen molar-refractivity contribution in [2.45, 2.75) is 57.5 Å². The Kier molecular flexibility index (Phi) is 11.1. The molecule has 0 spiro atoms. The van der Waals surface area contributed by atoms with E-state index in [0.29, 0.717) is 30.0 Å². The second-order valence-corrected chi connectivity index (χ2v) is 11.4. The van der Waals surface area contributed by atoms with E-state index in [0.717, 1.165) is 22.7 Å². The van der Waals surface area contributed by atoms with Crippen molar-refractivity contribution in [1.82, 2.24) is 10.2 Å². The van der Waals surface area contributed by atoms with Crippen LogP contribution in [-0.4, -0.2) is 51.4 Å². The first-order chi connectivity index (χ1) is 19.2. The van der Waals surface area contributed by atoms with Crippen LogP contribution < -0.4 is 14.4 Å². The first-order valence-corrected chi connectivity index (χ1v) is 15.0. The average molecular weight is 566 g/mol. The molecule has 0 aromatic heterocycles. The average Bonchev–Trinajstić information content (AvgIpc) is 2.96. The molecule has 0 aliphatic carbocycles. The molecule has 40 heavy (non-hydrogen) atoms. The second kappa shape index (κ2) is 14.5. The molecular weight excluding hydrogens is 526 g/mol. The molecule has 0 aliphatic rings. The first kappa shape index (κ1) is 30.7. The molecule has 3 aromatic carbocycles. The fraction of sp³-hybridized carbons (Fsp3) is 0.355. The Labute approximate surface area is 238 Å². The van der Waals surface area contributed by atoms with Gasteiger partial charge in [-0.1, -0.05) is 68.8 Å². The lowest BCUT2D eigenvalue weighted by Crippen LogP contribution is -2.52. The van der Waals surface area contributed by atoms with E-state index in [1.165, 1.54) is 17.0 Å². The summed E-state index contributed by atoms with van der Waals surface area (Å²) in [6.45, 7) is 5.83. The number of unbranched alkanes of at least 4 members (excludes halogenated alkanes) is 1. The lowest BCUT2D eigenvalue weighted by Gasteiger charge is -2.33. The van der Waals surface area contributed by atoms with Crippen molar-refractivity contribution in [2.24, 2.45) is 0 Å². The third-order valence-electron chi connectivity index (χ3n) is 6.70. The van der Waals surface area contributed by atoms with E-state index in [1.54, 1.807) is 56.5 Å². The number of rotatable bonds is 14. The Morgan fingerprint density at radius 2 is 1.65 bits per heavy atom. The van der Waals surface area contributed by atoms with Crippen LogP contribution in [0.4, 0.5) is 5.69 Å². The summed E-state index contributed by atoms with van der Waals surface area (Å²) in [6.07, 6.45) is 2.11. The summed E-state index contributed by atoms with van der Waals surface area (Å²) in [5, 5.41) is 2.94. The maximum absolute atomic E-state index is 14.1. The Hall–Kier alpha value is -3.85. The van der Waals surface area contributed by atoms with Gasteiger partial charge < -0.3 is 15.0 Å². The molecule has 2 amide bonds. The zero-order chi connectivity index (χ0) is 29.1. The number of ether oxygens (including phenoxy) is 1. The molecule has 0 radical (unpaired) electrons. The van der Waals surface area contributed by atoms with Crippen molar-refractivity contribution in [1.29, 1.82) is 0 Å². The van der Waals surface area contributed by atoms with Gasteiger partial charge in [0.25, 0.3) is 10.0 Å². The molecular formula is C31H39N3O5S. The van der Waals surface area contributed by atoms with E-state index in [4.69, 9.17) is 4.74 Å². The first-order valence-electron chi connectivity index (χ1n) is 13.6. The van der Waals surface area contributed by atoms with E-state index in [1.807, 2.05) is 38.1 Å². The Morgan fingerprint density at radius 3 is 2.30 bits per heavy atom. The van der Waals surface area contributed by atoms with Gasteiger partial charge in [0, 0.05) is 13.1 Å². The van der Waals surface area contributed by atoms with Crippen LogP contribution in [0, 0.1) is 6.92 Å². The smallest absolute Gasteiger partial charge is 0.264 e. The molecule has 3 aromatic rings. The molecule has 1 N–H and O–H groups in total. The van der Waals surface area contributed by atoms with Crippen molar-refractivity contribution in [3.8, 4) is 5.75 Å². The van der Waals surface area contributed by atoms with Gasteiger partial charge in [0.2, 0.25) is 11.8 Å². The number of sulfonamides is 1. The molecule has 0 saturated heterocycles. The molecule has 0 fully saturated rings. The summed E-state index contributed by atoms with van der Waals surface area (Å²) in [4.78, 5) is 28.9. The normalized spacial score (nSPS) is 11.9. The van der Waals surface area contributed by atoms with Crippen LogP contribution in [-0.2, 0) is 26.2 Å². The van der Waals surface area contributed by atoms with Crippen molar-refractivity contribution >= 4 is 27.5 Å². The van der Waals surface area contributed by atoms with Crippen LogP contribution in [0.2, 0.25) is 0 Å². The van der Waals surface area contributed by atoms with Crippen LogP contribution in [0.3, 0.4) is 0 Å². The van der Waals surface area contributed by atoms with Crippen molar-refractivity contribution in [3.05, 3.63) is 90.0 Å². The van der Waals surface area contributed by atoms with Crippen molar-refractivity contribution < 1.29 is 22.7 Å². The molecule has 1 atom stereocenters. The molecule has 8 nitrogen and oxygen atoms in total. The summed E-state index contributed by atoms with van der Waals surface area (Å²) >= 11 is 0. The predicted molar refractivity (Wildman–Crippen MR) is 158 cm³/mol. The summed E-state index contributed by atoms with van der Waals surface area (Å²) in [7, 11) is -2.53. The highest BCUT2D eigenvalue weighted by molar-refractivity contribution is 7.92. The SMILES string of the molecule is CCCCNC(=O)[C@@H](CC)N(Cc1cccc(OC)c1)C(=O)CN(c1ccccc1C)S(=O)(=O)c1ccccc1. The van der Waals surface area contributed by atoms with E-state index in [-0.39, 0.29) is 17.3 Å². The van der Waals surface area contributed by atoms with Crippen LogP contribution in [0.1, 0.15) is 44.2 Å². The molecule has 9 heteroatoms. The number of nitrogens with one attached hydrogen (secondary N) is 1.